The lowest BCUT2D eigenvalue weighted by atomic mass is 9.89. The molecule has 11 heteroatoms. The molecule has 0 bridgehead atoms. The van der Waals surface area contributed by atoms with E-state index in [1.54, 1.807) is 33.8 Å². The Balaban J connectivity index is 1.19. The highest BCUT2D eigenvalue weighted by molar-refractivity contribution is 5.88. The third-order valence-corrected chi connectivity index (χ3v) is 7.34. The van der Waals surface area contributed by atoms with Crippen LogP contribution in [0, 0.1) is 11.6 Å². The Morgan fingerprint density at radius 1 is 1.08 bits per heavy atom. The Bertz CT molecular complexity index is 1290. The van der Waals surface area contributed by atoms with Crippen molar-refractivity contribution in [3.8, 4) is 5.75 Å². The third-order valence-electron chi connectivity index (χ3n) is 7.34. The van der Waals surface area contributed by atoms with Crippen LogP contribution in [0.1, 0.15) is 37.3 Å². The second-order valence-electron chi connectivity index (χ2n) is 9.45. The van der Waals surface area contributed by atoms with Crippen LogP contribution in [0.2, 0.25) is 0 Å². The molecule has 36 heavy (non-hydrogen) atoms. The van der Waals surface area contributed by atoms with Gasteiger partial charge in [-0.1, -0.05) is 0 Å². The van der Waals surface area contributed by atoms with Crippen LogP contribution in [-0.4, -0.2) is 58.4 Å². The summed E-state index contributed by atoms with van der Waals surface area (Å²) in [4.78, 5) is 17.3. The molecule has 3 aliphatic rings. The summed E-state index contributed by atoms with van der Waals surface area (Å²) in [6, 6.07) is 8.07. The number of nitrogens with zero attached hydrogens (tertiary/aromatic N) is 4. The SMILES string of the molecule is O=C1N2[C@@H](CC[C@H]2c2cc(F)cc(F)c2)OC12CCN(c1ccc(OCC(F)F)c3ccnn13)CC2. The maximum atomic E-state index is 13.8. The summed E-state index contributed by atoms with van der Waals surface area (Å²) >= 11 is 0. The number of aromatic nitrogens is 2. The zero-order valence-electron chi connectivity index (χ0n) is 19.2. The van der Waals surface area contributed by atoms with Crippen molar-refractivity contribution in [1.29, 1.82) is 0 Å². The van der Waals surface area contributed by atoms with Gasteiger partial charge in [-0.2, -0.15) is 5.10 Å². The Morgan fingerprint density at radius 2 is 1.83 bits per heavy atom. The van der Waals surface area contributed by atoms with Crippen LogP contribution in [0.4, 0.5) is 23.4 Å². The number of alkyl halides is 2. The molecule has 1 amide bonds. The van der Waals surface area contributed by atoms with E-state index in [0.717, 1.165) is 11.9 Å². The van der Waals surface area contributed by atoms with Gasteiger partial charge in [0, 0.05) is 32.0 Å². The number of fused-ring (bicyclic) bond motifs is 2. The Morgan fingerprint density at radius 3 is 2.56 bits per heavy atom. The lowest BCUT2D eigenvalue weighted by Crippen LogP contribution is -2.50. The highest BCUT2D eigenvalue weighted by Gasteiger charge is 2.58. The predicted octanol–water partition coefficient (Wildman–Crippen LogP) is 4.32. The first-order chi connectivity index (χ1) is 17.3. The van der Waals surface area contributed by atoms with Crippen molar-refractivity contribution in [3.63, 3.8) is 0 Å². The fourth-order valence-electron chi connectivity index (χ4n) is 5.73. The van der Waals surface area contributed by atoms with E-state index < -0.39 is 42.5 Å². The number of amides is 1. The van der Waals surface area contributed by atoms with Crippen molar-refractivity contribution < 1.29 is 31.8 Å². The number of carbonyl (C=O) groups is 1. The first kappa shape index (κ1) is 23.1. The van der Waals surface area contributed by atoms with Gasteiger partial charge in [0.2, 0.25) is 0 Å². The number of pyridine rings is 1. The van der Waals surface area contributed by atoms with Gasteiger partial charge in [-0.05, 0) is 48.7 Å². The van der Waals surface area contributed by atoms with Gasteiger partial charge < -0.3 is 19.3 Å². The molecule has 190 valence electrons. The lowest BCUT2D eigenvalue weighted by molar-refractivity contribution is -0.140. The molecule has 3 aromatic rings. The quantitative estimate of drug-likeness (QED) is 0.485. The van der Waals surface area contributed by atoms with E-state index >= 15 is 0 Å². The smallest absolute Gasteiger partial charge is 0.272 e. The number of piperidine rings is 1. The summed E-state index contributed by atoms with van der Waals surface area (Å²) in [6.07, 6.45) is 0.652. The third kappa shape index (κ3) is 3.76. The minimum absolute atomic E-state index is 0.140. The van der Waals surface area contributed by atoms with Crippen molar-refractivity contribution in [2.45, 2.75) is 50.0 Å². The number of halogens is 4. The summed E-state index contributed by atoms with van der Waals surface area (Å²) in [5.74, 6) is -0.397. The normalized spacial score (nSPS) is 23.3. The molecular weight excluding hydrogens is 480 g/mol. The maximum absolute atomic E-state index is 13.8. The minimum atomic E-state index is -2.58. The molecule has 7 nitrogen and oxygen atoms in total. The fraction of sp³-hybridized carbons (Fsp3) is 0.440. The van der Waals surface area contributed by atoms with Crippen molar-refractivity contribution in [1.82, 2.24) is 14.5 Å². The molecule has 0 unspecified atom stereocenters. The first-order valence-corrected chi connectivity index (χ1v) is 11.9. The van der Waals surface area contributed by atoms with Gasteiger partial charge in [-0.3, -0.25) is 4.79 Å². The van der Waals surface area contributed by atoms with Crippen LogP contribution in [0.5, 0.6) is 5.75 Å². The molecule has 3 aliphatic heterocycles. The van der Waals surface area contributed by atoms with Crippen LogP contribution >= 0.6 is 0 Å². The fourth-order valence-corrected chi connectivity index (χ4v) is 5.73. The van der Waals surface area contributed by atoms with E-state index in [2.05, 4.69) is 10.00 Å². The second-order valence-corrected chi connectivity index (χ2v) is 9.45. The minimum Gasteiger partial charge on any atom is -0.485 e. The van der Waals surface area contributed by atoms with Crippen LogP contribution in [-0.2, 0) is 9.53 Å². The Kier molecular flexibility index (Phi) is 5.55. The molecule has 3 saturated heterocycles. The summed E-state index contributed by atoms with van der Waals surface area (Å²) in [7, 11) is 0. The molecule has 6 rings (SSSR count). The maximum Gasteiger partial charge on any atom is 0.272 e. The summed E-state index contributed by atoms with van der Waals surface area (Å²) in [6.45, 7) is 0.322. The topological polar surface area (TPSA) is 59.3 Å². The number of ether oxygens (including phenoxy) is 2. The van der Waals surface area contributed by atoms with Gasteiger partial charge >= 0.3 is 0 Å². The number of anilines is 1. The molecule has 0 N–H and O–H groups in total. The van der Waals surface area contributed by atoms with Gasteiger partial charge in [0.15, 0.2) is 5.60 Å². The van der Waals surface area contributed by atoms with Gasteiger partial charge in [0.25, 0.3) is 12.3 Å². The van der Waals surface area contributed by atoms with Gasteiger partial charge in [-0.15, -0.1) is 0 Å². The van der Waals surface area contributed by atoms with Gasteiger partial charge in [-0.25, -0.2) is 22.1 Å². The number of rotatable bonds is 5. The molecule has 5 heterocycles. The first-order valence-electron chi connectivity index (χ1n) is 11.9. The molecule has 2 aromatic heterocycles. The van der Waals surface area contributed by atoms with E-state index in [9.17, 15) is 22.4 Å². The van der Waals surface area contributed by atoms with Crippen LogP contribution < -0.4 is 9.64 Å². The molecule has 0 saturated carbocycles. The second kappa shape index (κ2) is 8.65. The van der Waals surface area contributed by atoms with E-state index in [-0.39, 0.29) is 5.91 Å². The summed E-state index contributed by atoms with van der Waals surface area (Å²) in [5, 5.41) is 4.33. The number of carbonyl (C=O) groups excluding carboxylic acids is 1. The summed E-state index contributed by atoms with van der Waals surface area (Å²) < 4.78 is 66.1. The monoisotopic (exact) mass is 504 g/mol. The Hall–Kier alpha value is -3.34. The van der Waals surface area contributed by atoms with Gasteiger partial charge in [0.05, 0.1) is 12.2 Å². The average Bonchev–Trinajstić information content (AvgIpc) is 3.55. The molecule has 0 aliphatic carbocycles. The van der Waals surface area contributed by atoms with E-state index in [4.69, 9.17) is 9.47 Å². The highest BCUT2D eigenvalue weighted by atomic mass is 19.3. The molecule has 3 fully saturated rings. The highest BCUT2D eigenvalue weighted by Crippen LogP contribution is 2.48. The summed E-state index contributed by atoms with van der Waals surface area (Å²) in [5.41, 5.74) is 0.0408. The predicted molar refractivity (Wildman–Crippen MR) is 121 cm³/mol. The standard InChI is InChI=1S/C25H24F4N4O3/c26-16-11-15(12-17(27)13-16)18-1-4-23-32(18)24(34)25(36-23)6-9-31(10-7-25)22-3-2-20(35-14-21(28)29)19-5-8-30-33(19)22/h2-3,5,8,11-13,18,21,23H,1,4,6-7,9-10,14H2/t18-,23+/m0/s1. The van der Waals surface area contributed by atoms with Crippen LogP contribution in [0.15, 0.2) is 42.6 Å². The molecule has 1 aromatic carbocycles. The van der Waals surface area contributed by atoms with Crippen molar-refractivity contribution in [2.75, 3.05) is 24.6 Å². The van der Waals surface area contributed by atoms with Crippen LogP contribution in [0.25, 0.3) is 5.52 Å². The Labute approximate surface area is 204 Å². The molecule has 1 spiro atoms. The van der Waals surface area contributed by atoms with E-state index in [1.165, 1.54) is 12.1 Å². The average molecular weight is 504 g/mol. The molecule has 2 atom stereocenters. The van der Waals surface area contributed by atoms with Crippen molar-refractivity contribution >= 4 is 17.2 Å². The lowest BCUT2D eigenvalue weighted by Gasteiger charge is -2.38. The van der Waals surface area contributed by atoms with Gasteiger partial charge in [0.1, 0.15) is 41.6 Å². The number of benzene rings is 1. The molecule has 0 radical (unpaired) electrons. The van der Waals surface area contributed by atoms with Crippen molar-refractivity contribution in [2.24, 2.45) is 0 Å². The van der Waals surface area contributed by atoms with Crippen LogP contribution in [0.3, 0.4) is 0 Å². The van der Waals surface area contributed by atoms with E-state index in [0.29, 0.717) is 55.6 Å². The zero-order valence-corrected chi connectivity index (χ0v) is 19.2. The number of hydrogen-bond acceptors (Lipinski definition) is 5. The zero-order chi connectivity index (χ0) is 25.0. The van der Waals surface area contributed by atoms with E-state index in [1.807, 2.05) is 0 Å². The molecular formula is C25H24F4N4O3. The number of hydrogen-bond donors (Lipinski definition) is 0. The largest absolute Gasteiger partial charge is 0.485 e. The van der Waals surface area contributed by atoms with Crippen molar-refractivity contribution in [3.05, 3.63) is 59.8 Å².